The summed E-state index contributed by atoms with van der Waals surface area (Å²) in [5.74, 6) is 1.72. The first-order valence-corrected chi connectivity index (χ1v) is 11.2. The van der Waals surface area contributed by atoms with Crippen LogP contribution in [0, 0.1) is 5.92 Å². The first-order chi connectivity index (χ1) is 15.1. The molecule has 1 N–H and O–H groups in total. The van der Waals surface area contributed by atoms with Gasteiger partial charge in [0, 0.05) is 57.2 Å². The van der Waals surface area contributed by atoms with Crippen LogP contribution in [0.2, 0.25) is 0 Å². The summed E-state index contributed by atoms with van der Waals surface area (Å²) in [5.41, 5.74) is 1.15. The lowest BCUT2D eigenvalue weighted by Gasteiger charge is -2.46. The lowest BCUT2D eigenvalue weighted by molar-refractivity contribution is -0.122. The number of nitrogens with zero attached hydrogens (tertiary/aromatic N) is 3. The van der Waals surface area contributed by atoms with Crippen molar-refractivity contribution in [2.75, 3.05) is 19.6 Å². The van der Waals surface area contributed by atoms with Crippen molar-refractivity contribution in [3.8, 4) is 5.75 Å². The van der Waals surface area contributed by atoms with Gasteiger partial charge in [-0.2, -0.15) is 0 Å². The molecule has 2 aliphatic heterocycles. The van der Waals surface area contributed by atoms with Gasteiger partial charge in [0.15, 0.2) is 0 Å². The number of aromatic nitrogens is 2. The number of carbonyl (C=O) groups excluding carboxylic acids is 2. The smallest absolute Gasteiger partial charge is 0.274 e. The van der Waals surface area contributed by atoms with E-state index in [1.54, 1.807) is 12.4 Å². The van der Waals surface area contributed by atoms with Gasteiger partial charge >= 0.3 is 0 Å². The molecule has 2 amide bonds. The van der Waals surface area contributed by atoms with E-state index in [0.717, 1.165) is 37.1 Å². The van der Waals surface area contributed by atoms with Crippen LogP contribution in [0.3, 0.4) is 0 Å². The van der Waals surface area contributed by atoms with E-state index in [9.17, 15) is 9.59 Å². The molecule has 7 nitrogen and oxygen atoms in total. The van der Waals surface area contributed by atoms with Gasteiger partial charge in [-0.25, -0.2) is 4.98 Å². The lowest BCUT2D eigenvalue weighted by atomic mass is 9.76. The van der Waals surface area contributed by atoms with E-state index in [0.29, 0.717) is 31.1 Å². The molecule has 1 unspecified atom stereocenters. The molecule has 1 spiro atoms. The fraction of sp³-hybridized carbons (Fsp3) is 0.500. The van der Waals surface area contributed by atoms with Crippen LogP contribution in [0.5, 0.6) is 5.75 Å². The molecule has 3 aliphatic rings. The van der Waals surface area contributed by atoms with E-state index in [1.165, 1.54) is 19.0 Å². The van der Waals surface area contributed by atoms with Crippen molar-refractivity contribution < 1.29 is 14.3 Å². The van der Waals surface area contributed by atoms with Crippen molar-refractivity contribution in [1.82, 2.24) is 20.2 Å². The molecule has 1 aromatic carbocycles. The van der Waals surface area contributed by atoms with Crippen LogP contribution in [-0.4, -0.2) is 51.9 Å². The van der Waals surface area contributed by atoms with Gasteiger partial charge in [0.1, 0.15) is 17.0 Å². The number of ether oxygens (including phenoxy) is 1. The Morgan fingerprint density at radius 2 is 1.97 bits per heavy atom. The summed E-state index contributed by atoms with van der Waals surface area (Å²) in [5, 5.41) is 3.11. The summed E-state index contributed by atoms with van der Waals surface area (Å²) < 4.78 is 6.52. The molecular weight excluding hydrogens is 392 g/mol. The molecule has 7 heteroatoms. The predicted octanol–water partition coefficient (Wildman–Crippen LogP) is 2.93. The van der Waals surface area contributed by atoms with E-state index in [2.05, 4.69) is 21.4 Å². The molecule has 1 atom stereocenters. The van der Waals surface area contributed by atoms with Crippen molar-refractivity contribution in [2.45, 2.75) is 50.0 Å². The summed E-state index contributed by atoms with van der Waals surface area (Å²) >= 11 is 0. The number of likely N-dealkylation sites (tertiary alicyclic amines) is 1. The average Bonchev–Trinajstić information content (AvgIpc) is 3.63. The zero-order valence-electron chi connectivity index (χ0n) is 17.6. The maximum absolute atomic E-state index is 12.7. The Hall–Kier alpha value is -2.96. The summed E-state index contributed by atoms with van der Waals surface area (Å²) in [6.45, 7) is 2.02. The van der Waals surface area contributed by atoms with Gasteiger partial charge in [0.25, 0.3) is 5.91 Å². The number of amides is 2. The highest BCUT2D eigenvalue weighted by molar-refractivity contribution is 5.92. The molecule has 5 rings (SSSR count). The minimum absolute atomic E-state index is 0.0878. The van der Waals surface area contributed by atoms with Crippen molar-refractivity contribution in [3.05, 3.63) is 54.1 Å². The average molecular weight is 421 g/mol. The third-order valence-corrected chi connectivity index (χ3v) is 6.76. The van der Waals surface area contributed by atoms with E-state index in [-0.39, 0.29) is 23.3 Å². The number of hydrogen-bond acceptors (Lipinski definition) is 5. The standard InChI is InChI=1S/C24H28N4O3/c29-22(27-15-17-5-6-17)13-18-14-24(31-21-4-2-1-3-19(18)21)7-11-28(12-8-24)23(30)20-16-25-9-10-26-20/h1-4,9-10,16-18H,5-8,11-15H2,(H,27,29). The highest BCUT2D eigenvalue weighted by Gasteiger charge is 2.44. The summed E-state index contributed by atoms with van der Waals surface area (Å²) in [4.78, 5) is 35.3. The van der Waals surface area contributed by atoms with Gasteiger partial charge in [-0.1, -0.05) is 18.2 Å². The van der Waals surface area contributed by atoms with Gasteiger partial charge < -0.3 is 15.0 Å². The Morgan fingerprint density at radius 1 is 1.16 bits per heavy atom. The first kappa shape index (κ1) is 20.0. The molecule has 0 radical (unpaired) electrons. The van der Waals surface area contributed by atoms with E-state index in [4.69, 9.17) is 4.74 Å². The predicted molar refractivity (Wildman–Crippen MR) is 115 cm³/mol. The Morgan fingerprint density at radius 3 is 2.71 bits per heavy atom. The number of para-hydroxylation sites is 1. The molecule has 1 aliphatic carbocycles. The molecule has 31 heavy (non-hydrogen) atoms. The Kier molecular flexibility index (Phi) is 5.34. The second kappa shape index (κ2) is 8.29. The first-order valence-electron chi connectivity index (χ1n) is 11.2. The number of piperidine rings is 1. The second-order valence-corrected chi connectivity index (χ2v) is 9.06. The van der Waals surface area contributed by atoms with E-state index in [1.807, 2.05) is 23.1 Å². The molecule has 1 aromatic heterocycles. The number of fused-ring (bicyclic) bond motifs is 1. The highest BCUT2D eigenvalue weighted by Crippen LogP contribution is 2.46. The Labute approximate surface area is 182 Å². The molecule has 3 heterocycles. The van der Waals surface area contributed by atoms with Crippen LogP contribution in [0.1, 0.15) is 60.5 Å². The van der Waals surface area contributed by atoms with Crippen molar-refractivity contribution >= 4 is 11.8 Å². The largest absolute Gasteiger partial charge is 0.487 e. The fourth-order valence-corrected chi connectivity index (χ4v) is 4.80. The van der Waals surface area contributed by atoms with Crippen LogP contribution < -0.4 is 10.1 Å². The monoisotopic (exact) mass is 420 g/mol. The number of rotatable bonds is 5. The third-order valence-electron chi connectivity index (χ3n) is 6.76. The minimum Gasteiger partial charge on any atom is -0.487 e. The fourth-order valence-electron chi connectivity index (χ4n) is 4.80. The number of carbonyl (C=O) groups is 2. The molecule has 1 saturated heterocycles. The minimum atomic E-state index is -0.338. The van der Waals surface area contributed by atoms with Crippen LogP contribution in [0.4, 0.5) is 0 Å². The SMILES string of the molecule is O=C(CC1CC2(CCN(C(=O)c3cnccn3)CC2)Oc2ccccc21)NCC1CC1. The van der Waals surface area contributed by atoms with Gasteiger partial charge in [0.05, 0.1) is 6.20 Å². The molecule has 1 saturated carbocycles. The Bertz CT molecular complexity index is 952. The summed E-state index contributed by atoms with van der Waals surface area (Å²) in [6, 6.07) is 8.07. The third kappa shape index (κ3) is 4.40. The molecule has 0 bridgehead atoms. The van der Waals surface area contributed by atoms with Crippen molar-refractivity contribution in [2.24, 2.45) is 5.92 Å². The zero-order chi connectivity index (χ0) is 21.3. The molecule has 162 valence electrons. The topological polar surface area (TPSA) is 84.4 Å². The van der Waals surface area contributed by atoms with Crippen LogP contribution in [0.15, 0.2) is 42.9 Å². The highest BCUT2D eigenvalue weighted by atomic mass is 16.5. The van der Waals surface area contributed by atoms with Gasteiger partial charge in [-0.05, 0) is 36.8 Å². The summed E-state index contributed by atoms with van der Waals surface area (Å²) in [7, 11) is 0. The van der Waals surface area contributed by atoms with Gasteiger partial charge in [0.2, 0.25) is 5.91 Å². The normalized spacial score (nSPS) is 21.8. The number of benzene rings is 1. The van der Waals surface area contributed by atoms with Gasteiger partial charge in [-0.3, -0.25) is 14.6 Å². The number of nitrogens with one attached hydrogen (secondary N) is 1. The molecule has 2 fully saturated rings. The van der Waals surface area contributed by atoms with Crippen LogP contribution >= 0.6 is 0 Å². The molecular formula is C24H28N4O3. The quantitative estimate of drug-likeness (QED) is 0.804. The van der Waals surface area contributed by atoms with Gasteiger partial charge in [-0.15, -0.1) is 0 Å². The molecule has 2 aromatic rings. The summed E-state index contributed by atoms with van der Waals surface area (Å²) in [6.07, 6.45) is 9.85. The van der Waals surface area contributed by atoms with Crippen LogP contribution in [0.25, 0.3) is 0 Å². The lowest BCUT2D eigenvalue weighted by Crippen LogP contribution is -2.52. The number of hydrogen-bond donors (Lipinski definition) is 1. The maximum atomic E-state index is 12.7. The van der Waals surface area contributed by atoms with E-state index >= 15 is 0 Å². The van der Waals surface area contributed by atoms with E-state index < -0.39 is 0 Å². The van der Waals surface area contributed by atoms with Crippen LogP contribution in [-0.2, 0) is 4.79 Å². The second-order valence-electron chi connectivity index (χ2n) is 9.06. The Balaban J connectivity index is 1.27. The van der Waals surface area contributed by atoms with Crippen molar-refractivity contribution in [3.63, 3.8) is 0 Å². The maximum Gasteiger partial charge on any atom is 0.274 e. The van der Waals surface area contributed by atoms with Crippen molar-refractivity contribution in [1.29, 1.82) is 0 Å². The zero-order valence-corrected chi connectivity index (χ0v) is 17.6.